The molecule has 20 heavy (non-hydrogen) atoms. The van der Waals surface area contributed by atoms with E-state index < -0.39 is 0 Å². The van der Waals surface area contributed by atoms with Crippen LogP contribution in [0.2, 0.25) is 0 Å². The fourth-order valence-electron chi connectivity index (χ4n) is 1.59. The van der Waals surface area contributed by atoms with Gasteiger partial charge in [0.2, 0.25) is 5.91 Å². The third-order valence-corrected chi connectivity index (χ3v) is 3.70. The van der Waals surface area contributed by atoms with E-state index in [9.17, 15) is 4.79 Å². The number of aromatic nitrogens is 2. The van der Waals surface area contributed by atoms with Crippen LogP contribution < -0.4 is 5.32 Å². The summed E-state index contributed by atoms with van der Waals surface area (Å²) in [6.45, 7) is 1.84. The lowest BCUT2D eigenvalue weighted by Crippen LogP contribution is -2.22. The van der Waals surface area contributed by atoms with Crippen LogP contribution in [0.5, 0.6) is 0 Å². The van der Waals surface area contributed by atoms with Crippen LogP contribution in [0.3, 0.4) is 0 Å². The van der Waals surface area contributed by atoms with Crippen molar-refractivity contribution in [3.63, 3.8) is 0 Å². The van der Waals surface area contributed by atoms with Crippen molar-refractivity contribution in [3.05, 3.63) is 42.2 Å². The summed E-state index contributed by atoms with van der Waals surface area (Å²) in [5, 5.41) is 15.4. The lowest BCUT2D eigenvalue weighted by Gasteiger charge is -2.10. The number of anilines is 1. The lowest BCUT2D eigenvalue weighted by molar-refractivity contribution is -0.115. The molecule has 0 radical (unpaired) electrons. The molecule has 1 aromatic heterocycles. The summed E-state index contributed by atoms with van der Waals surface area (Å²) >= 11 is 1.45. The van der Waals surface area contributed by atoms with Gasteiger partial charge in [0.05, 0.1) is 23.1 Å². The maximum atomic E-state index is 12.1. The molecule has 1 heterocycles. The number of carbonyl (C=O) groups is 1. The monoisotopic (exact) mass is 286 g/mol. The summed E-state index contributed by atoms with van der Waals surface area (Å²) in [5.41, 5.74) is 1.26. The van der Waals surface area contributed by atoms with Gasteiger partial charge in [-0.05, 0) is 31.2 Å². The molecule has 5 nitrogen and oxygen atoms in total. The van der Waals surface area contributed by atoms with Gasteiger partial charge in [-0.1, -0.05) is 0 Å². The van der Waals surface area contributed by atoms with Gasteiger partial charge < -0.3 is 5.32 Å². The zero-order valence-electron chi connectivity index (χ0n) is 11.2. The number of aryl methyl sites for hydroxylation is 1. The summed E-state index contributed by atoms with van der Waals surface area (Å²) in [7, 11) is 1.84. The van der Waals surface area contributed by atoms with Crippen LogP contribution in [0.25, 0.3) is 0 Å². The highest BCUT2D eigenvalue weighted by Crippen LogP contribution is 2.23. The Bertz CT molecular complexity index is 642. The largest absolute Gasteiger partial charge is 0.325 e. The van der Waals surface area contributed by atoms with E-state index in [1.54, 1.807) is 35.1 Å². The number of amides is 1. The van der Waals surface area contributed by atoms with Gasteiger partial charge in [0.25, 0.3) is 0 Å². The van der Waals surface area contributed by atoms with E-state index in [4.69, 9.17) is 5.26 Å². The smallest absolute Gasteiger partial charge is 0.237 e. The molecular weight excluding hydrogens is 272 g/mol. The molecule has 1 amide bonds. The van der Waals surface area contributed by atoms with Crippen LogP contribution in [-0.2, 0) is 11.8 Å². The Hall–Kier alpha value is -2.26. The molecule has 0 spiro atoms. The van der Waals surface area contributed by atoms with Crippen LogP contribution in [0, 0.1) is 11.3 Å². The molecule has 6 heteroatoms. The molecule has 102 valence electrons. The Morgan fingerprint density at radius 2 is 2.15 bits per heavy atom. The second kappa shape index (κ2) is 6.26. The molecule has 0 saturated heterocycles. The highest BCUT2D eigenvalue weighted by Gasteiger charge is 2.15. The highest BCUT2D eigenvalue weighted by molar-refractivity contribution is 8.00. The van der Waals surface area contributed by atoms with E-state index >= 15 is 0 Å². The molecule has 1 aromatic carbocycles. The zero-order valence-corrected chi connectivity index (χ0v) is 12.0. The Morgan fingerprint density at radius 1 is 1.45 bits per heavy atom. The van der Waals surface area contributed by atoms with E-state index in [0.29, 0.717) is 11.3 Å². The first-order chi connectivity index (χ1) is 9.58. The number of nitriles is 1. The number of nitrogens with one attached hydrogen (secondary N) is 1. The third kappa shape index (κ3) is 3.62. The second-order valence-electron chi connectivity index (χ2n) is 4.29. The predicted molar refractivity (Wildman–Crippen MR) is 78.3 cm³/mol. The standard InChI is InChI=1S/C14H14N4OS/c1-10(20-13-8-16-18(2)9-13)14(19)17-12-5-3-11(7-15)4-6-12/h3-6,8-10H,1-2H3,(H,17,19). The SMILES string of the molecule is CC(Sc1cnn(C)c1)C(=O)Nc1ccc(C#N)cc1. The summed E-state index contributed by atoms with van der Waals surface area (Å²) < 4.78 is 1.70. The molecular formula is C14H14N4OS. The molecule has 0 saturated carbocycles. The minimum atomic E-state index is -0.227. The Labute approximate surface area is 121 Å². The first-order valence-corrected chi connectivity index (χ1v) is 6.93. The van der Waals surface area contributed by atoms with Crippen molar-refractivity contribution in [2.45, 2.75) is 17.1 Å². The van der Waals surface area contributed by atoms with Crippen molar-refractivity contribution in [1.29, 1.82) is 5.26 Å². The van der Waals surface area contributed by atoms with E-state index in [1.165, 1.54) is 11.8 Å². The van der Waals surface area contributed by atoms with Gasteiger partial charge in [-0.2, -0.15) is 10.4 Å². The predicted octanol–water partition coefficient (Wildman–Crippen LogP) is 2.41. The summed E-state index contributed by atoms with van der Waals surface area (Å²) in [5.74, 6) is -0.0800. The third-order valence-electron chi connectivity index (χ3n) is 2.64. The molecule has 1 N–H and O–H groups in total. The van der Waals surface area contributed by atoms with Crippen molar-refractivity contribution in [2.75, 3.05) is 5.32 Å². The Morgan fingerprint density at radius 3 is 2.70 bits per heavy atom. The van der Waals surface area contributed by atoms with E-state index in [-0.39, 0.29) is 11.2 Å². The van der Waals surface area contributed by atoms with Crippen molar-refractivity contribution in [1.82, 2.24) is 9.78 Å². The van der Waals surface area contributed by atoms with Crippen molar-refractivity contribution >= 4 is 23.4 Å². The quantitative estimate of drug-likeness (QED) is 0.876. The molecule has 1 atom stereocenters. The minimum Gasteiger partial charge on any atom is -0.325 e. The molecule has 0 aliphatic heterocycles. The normalized spacial score (nSPS) is 11.7. The highest BCUT2D eigenvalue weighted by atomic mass is 32.2. The molecule has 0 aliphatic rings. The van der Waals surface area contributed by atoms with Gasteiger partial charge in [-0.15, -0.1) is 11.8 Å². The van der Waals surface area contributed by atoms with Crippen LogP contribution in [-0.4, -0.2) is 20.9 Å². The van der Waals surface area contributed by atoms with Crippen LogP contribution >= 0.6 is 11.8 Å². The first kappa shape index (κ1) is 14.2. The van der Waals surface area contributed by atoms with Gasteiger partial charge in [0, 0.05) is 23.8 Å². The van der Waals surface area contributed by atoms with E-state index in [1.807, 2.05) is 26.2 Å². The fraction of sp³-hybridized carbons (Fsp3) is 0.214. The van der Waals surface area contributed by atoms with Gasteiger partial charge in [-0.3, -0.25) is 9.48 Å². The first-order valence-electron chi connectivity index (χ1n) is 6.05. The topological polar surface area (TPSA) is 70.7 Å². The Kier molecular flexibility index (Phi) is 4.43. The molecule has 2 aromatic rings. The van der Waals surface area contributed by atoms with Gasteiger partial charge in [0.15, 0.2) is 0 Å². The van der Waals surface area contributed by atoms with Crippen LogP contribution in [0.1, 0.15) is 12.5 Å². The molecule has 0 bridgehead atoms. The fourth-order valence-corrected chi connectivity index (χ4v) is 2.48. The molecule has 0 fully saturated rings. The van der Waals surface area contributed by atoms with Crippen LogP contribution in [0.15, 0.2) is 41.6 Å². The van der Waals surface area contributed by atoms with E-state index in [2.05, 4.69) is 10.4 Å². The maximum absolute atomic E-state index is 12.1. The van der Waals surface area contributed by atoms with Crippen molar-refractivity contribution < 1.29 is 4.79 Å². The van der Waals surface area contributed by atoms with Gasteiger partial charge >= 0.3 is 0 Å². The van der Waals surface area contributed by atoms with Crippen molar-refractivity contribution in [2.24, 2.45) is 7.05 Å². The molecule has 1 unspecified atom stereocenters. The average molecular weight is 286 g/mol. The number of thioether (sulfide) groups is 1. The van der Waals surface area contributed by atoms with E-state index in [0.717, 1.165) is 4.90 Å². The number of benzene rings is 1. The summed E-state index contributed by atoms with van der Waals surface area (Å²) in [6, 6.07) is 8.83. The minimum absolute atomic E-state index is 0.0800. The second-order valence-corrected chi connectivity index (χ2v) is 5.70. The maximum Gasteiger partial charge on any atom is 0.237 e. The number of hydrogen-bond donors (Lipinski definition) is 1. The number of carbonyl (C=O) groups excluding carboxylic acids is 1. The molecule has 0 aliphatic carbocycles. The number of rotatable bonds is 4. The Balaban J connectivity index is 1.95. The summed E-state index contributed by atoms with van der Waals surface area (Å²) in [4.78, 5) is 13.0. The van der Waals surface area contributed by atoms with Crippen LogP contribution in [0.4, 0.5) is 5.69 Å². The summed E-state index contributed by atoms with van der Waals surface area (Å²) in [6.07, 6.45) is 3.60. The lowest BCUT2D eigenvalue weighted by atomic mass is 10.2. The van der Waals surface area contributed by atoms with Gasteiger partial charge in [0.1, 0.15) is 0 Å². The van der Waals surface area contributed by atoms with Crippen molar-refractivity contribution in [3.8, 4) is 6.07 Å². The zero-order chi connectivity index (χ0) is 14.5. The average Bonchev–Trinajstić information content (AvgIpc) is 2.85. The molecule has 2 rings (SSSR count). The number of nitrogens with zero attached hydrogens (tertiary/aromatic N) is 3. The number of hydrogen-bond acceptors (Lipinski definition) is 4. The van der Waals surface area contributed by atoms with Gasteiger partial charge in [-0.25, -0.2) is 0 Å².